The molecular weight excluding hydrogens is 344 g/mol. The van der Waals surface area contributed by atoms with Crippen LogP contribution in [-0.4, -0.2) is 47.2 Å². The van der Waals surface area contributed by atoms with Crippen molar-refractivity contribution < 1.29 is 27.8 Å². The Hall–Kier alpha value is -1.73. The van der Waals surface area contributed by atoms with Crippen molar-refractivity contribution in [3.63, 3.8) is 0 Å². The molecule has 0 N–H and O–H groups in total. The van der Waals surface area contributed by atoms with Crippen molar-refractivity contribution in [1.82, 2.24) is 4.90 Å². The van der Waals surface area contributed by atoms with Crippen LogP contribution in [0.2, 0.25) is 0 Å². The van der Waals surface area contributed by atoms with Crippen molar-refractivity contribution in [3.05, 3.63) is 35.4 Å². The first kappa shape index (κ1) is 19.0. The van der Waals surface area contributed by atoms with Gasteiger partial charge in [0.15, 0.2) is 0 Å². The number of hydrogen-bond acceptors (Lipinski definition) is 4. The quantitative estimate of drug-likeness (QED) is 0.764. The summed E-state index contributed by atoms with van der Waals surface area (Å²) in [6, 6.07) is 2.92. The number of epoxide rings is 1. The number of hydrogen-bond donors (Lipinski definition) is 0. The molecule has 0 unspecified atom stereocenters. The fraction of sp³-hybridized carbons (Fsp3) is 0.632. The molecule has 144 valence electrons. The van der Waals surface area contributed by atoms with Gasteiger partial charge in [0.05, 0.1) is 12.6 Å². The van der Waals surface area contributed by atoms with Gasteiger partial charge in [-0.05, 0) is 58.7 Å². The van der Waals surface area contributed by atoms with Crippen LogP contribution in [0.15, 0.2) is 18.2 Å². The van der Waals surface area contributed by atoms with E-state index in [4.69, 9.17) is 14.2 Å². The lowest BCUT2D eigenvalue weighted by Crippen LogP contribution is -2.51. The normalized spacial score (nSPS) is 27.5. The van der Waals surface area contributed by atoms with Crippen LogP contribution in [0.3, 0.4) is 0 Å². The molecule has 3 rings (SSSR count). The predicted octanol–water partition coefficient (Wildman–Crippen LogP) is 3.65. The molecule has 0 bridgehead atoms. The number of rotatable bonds is 3. The van der Waals surface area contributed by atoms with Crippen molar-refractivity contribution in [2.45, 2.75) is 70.6 Å². The molecule has 26 heavy (non-hydrogen) atoms. The second kappa shape index (κ2) is 6.46. The van der Waals surface area contributed by atoms with Crippen LogP contribution in [0, 0.1) is 11.6 Å². The summed E-state index contributed by atoms with van der Waals surface area (Å²) in [4.78, 5) is 14.4. The van der Waals surface area contributed by atoms with Gasteiger partial charge >= 0.3 is 6.09 Å². The Morgan fingerprint density at radius 1 is 1.27 bits per heavy atom. The van der Waals surface area contributed by atoms with Crippen LogP contribution in [0.4, 0.5) is 13.6 Å². The van der Waals surface area contributed by atoms with Gasteiger partial charge in [0.25, 0.3) is 0 Å². The maximum Gasteiger partial charge on any atom is 0.412 e. The van der Waals surface area contributed by atoms with E-state index < -0.39 is 35.1 Å². The van der Waals surface area contributed by atoms with Crippen molar-refractivity contribution in [2.24, 2.45) is 0 Å². The number of halogens is 2. The van der Waals surface area contributed by atoms with Gasteiger partial charge in [-0.2, -0.15) is 0 Å². The van der Waals surface area contributed by atoms with E-state index in [0.29, 0.717) is 12.2 Å². The highest BCUT2D eigenvalue weighted by Crippen LogP contribution is 2.39. The number of benzene rings is 1. The van der Waals surface area contributed by atoms with Gasteiger partial charge in [0.1, 0.15) is 35.2 Å². The Morgan fingerprint density at radius 3 is 2.35 bits per heavy atom. The lowest BCUT2D eigenvalue weighted by molar-refractivity contribution is -0.0825. The van der Waals surface area contributed by atoms with Crippen molar-refractivity contribution in [3.8, 4) is 0 Å². The minimum atomic E-state index is -0.921. The summed E-state index contributed by atoms with van der Waals surface area (Å²) in [6.07, 6.45) is -0.802. The van der Waals surface area contributed by atoms with E-state index in [9.17, 15) is 13.6 Å². The molecule has 2 heterocycles. The summed E-state index contributed by atoms with van der Waals surface area (Å²) < 4.78 is 44.2. The lowest BCUT2D eigenvalue weighted by atomic mass is 9.98. The van der Waals surface area contributed by atoms with Gasteiger partial charge in [-0.3, -0.25) is 4.90 Å². The zero-order valence-electron chi connectivity index (χ0n) is 15.7. The minimum absolute atomic E-state index is 0.134. The highest BCUT2D eigenvalue weighted by atomic mass is 19.1. The van der Waals surface area contributed by atoms with Crippen LogP contribution in [0.1, 0.15) is 40.2 Å². The Balaban J connectivity index is 1.91. The SMILES string of the molecule is CC(C)(C)OC(=O)N1[C@@H](Cc2cc(F)cc(F)c2)[C@H]([C@@H]2CO2)OC1(C)C. The van der Waals surface area contributed by atoms with Gasteiger partial charge in [-0.15, -0.1) is 0 Å². The third kappa shape index (κ3) is 4.15. The standard InChI is InChI=1S/C19H25F2NO4/c1-18(2,3)26-17(23)22-14(8-11-6-12(20)9-13(21)7-11)16(15-10-24-15)25-19(22,4)5/h6-7,9,14-16H,8,10H2,1-5H3/t14-,15-,16+/m0/s1. The van der Waals surface area contributed by atoms with Crippen molar-refractivity contribution in [2.75, 3.05) is 6.61 Å². The fourth-order valence-electron chi connectivity index (χ4n) is 3.43. The van der Waals surface area contributed by atoms with E-state index in [1.807, 2.05) is 0 Å². The first-order valence-corrected chi connectivity index (χ1v) is 8.73. The van der Waals surface area contributed by atoms with Crippen LogP contribution in [-0.2, 0) is 20.6 Å². The molecule has 2 saturated heterocycles. The summed E-state index contributed by atoms with van der Waals surface area (Å²) in [7, 11) is 0. The number of carbonyl (C=O) groups is 1. The Bertz CT molecular complexity index is 677. The van der Waals surface area contributed by atoms with E-state index in [1.165, 1.54) is 17.0 Å². The Morgan fingerprint density at radius 2 is 1.85 bits per heavy atom. The molecule has 1 aromatic rings. The summed E-state index contributed by atoms with van der Waals surface area (Å²) in [6.45, 7) is 9.45. The van der Waals surface area contributed by atoms with Crippen LogP contribution in [0.5, 0.6) is 0 Å². The minimum Gasteiger partial charge on any atom is -0.444 e. The van der Waals surface area contributed by atoms with E-state index in [2.05, 4.69) is 0 Å². The zero-order valence-corrected chi connectivity index (χ0v) is 15.7. The number of carbonyl (C=O) groups excluding carboxylic acids is 1. The smallest absolute Gasteiger partial charge is 0.412 e. The van der Waals surface area contributed by atoms with Crippen LogP contribution >= 0.6 is 0 Å². The monoisotopic (exact) mass is 369 g/mol. The third-order valence-corrected chi connectivity index (χ3v) is 4.40. The van der Waals surface area contributed by atoms with Gasteiger partial charge in [0, 0.05) is 6.07 Å². The molecule has 0 aromatic heterocycles. The largest absolute Gasteiger partial charge is 0.444 e. The van der Waals surface area contributed by atoms with Crippen LogP contribution in [0.25, 0.3) is 0 Å². The second-order valence-electron chi connectivity index (χ2n) is 8.30. The first-order valence-electron chi connectivity index (χ1n) is 8.73. The first-order chi connectivity index (χ1) is 12.0. The molecule has 1 amide bonds. The summed E-state index contributed by atoms with van der Waals surface area (Å²) >= 11 is 0. The van der Waals surface area contributed by atoms with Gasteiger partial charge in [-0.1, -0.05) is 0 Å². The maximum atomic E-state index is 13.6. The summed E-state index contributed by atoms with van der Waals surface area (Å²) in [5, 5.41) is 0. The third-order valence-electron chi connectivity index (χ3n) is 4.40. The Kier molecular flexibility index (Phi) is 4.73. The number of nitrogens with zero attached hydrogens (tertiary/aromatic N) is 1. The number of ether oxygens (including phenoxy) is 3. The topological polar surface area (TPSA) is 51.3 Å². The summed E-state index contributed by atoms with van der Waals surface area (Å²) in [5.74, 6) is -1.30. The molecule has 0 saturated carbocycles. The van der Waals surface area contributed by atoms with E-state index in [-0.39, 0.29) is 18.6 Å². The number of amides is 1. The van der Waals surface area contributed by atoms with Crippen molar-refractivity contribution in [1.29, 1.82) is 0 Å². The van der Waals surface area contributed by atoms with E-state index in [1.54, 1.807) is 34.6 Å². The maximum absolute atomic E-state index is 13.6. The lowest BCUT2D eigenvalue weighted by Gasteiger charge is -2.35. The zero-order chi connectivity index (χ0) is 19.3. The molecule has 0 spiro atoms. The van der Waals surface area contributed by atoms with Gasteiger partial charge in [-0.25, -0.2) is 13.6 Å². The highest BCUT2D eigenvalue weighted by Gasteiger charge is 2.56. The van der Waals surface area contributed by atoms with E-state index >= 15 is 0 Å². The molecule has 5 nitrogen and oxygen atoms in total. The van der Waals surface area contributed by atoms with Gasteiger partial charge in [0.2, 0.25) is 0 Å². The van der Waals surface area contributed by atoms with Crippen LogP contribution < -0.4 is 0 Å². The average molecular weight is 369 g/mol. The van der Waals surface area contributed by atoms with E-state index in [0.717, 1.165) is 6.07 Å². The molecule has 3 atom stereocenters. The molecule has 2 aliphatic heterocycles. The fourth-order valence-corrected chi connectivity index (χ4v) is 3.43. The molecule has 0 radical (unpaired) electrons. The Labute approximate surface area is 152 Å². The second-order valence-corrected chi connectivity index (χ2v) is 8.30. The molecule has 7 heteroatoms. The molecule has 0 aliphatic carbocycles. The predicted molar refractivity (Wildman–Crippen MR) is 90.6 cm³/mol. The highest BCUT2D eigenvalue weighted by molar-refractivity contribution is 5.70. The molecule has 2 aliphatic rings. The molecular formula is C19H25F2NO4. The van der Waals surface area contributed by atoms with Gasteiger partial charge < -0.3 is 14.2 Å². The average Bonchev–Trinajstić information content (AvgIpc) is 3.21. The molecule has 2 fully saturated rings. The van der Waals surface area contributed by atoms with Crippen molar-refractivity contribution >= 4 is 6.09 Å². The molecule has 1 aromatic carbocycles. The summed E-state index contributed by atoms with van der Waals surface area (Å²) in [5.41, 5.74) is -1.14.